The van der Waals surface area contributed by atoms with Crippen LogP contribution in [0.25, 0.3) is 11.5 Å². The molecule has 2 aromatic heterocycles. The highest BCUT2D eigenvalue weighted by Crippen LogP contribution is 2.25. The SMILES string of the molecule is Cc1ccc(CSc2nnc(-c3cc(C)on3)n2C)cc1. The average Bonchev–Trinajstić information content (AvgIpc) is 3.05. The second kappa shape index (κ2) is 5.73. The molecule has 0 spiro atoms. The molecule has 0 bridgehead atoms. The van der Waals surface area contributed by atoms with Gasteiger partial charge in [-0.05, 0) is 19.4 Å². The topological polar surface area (TPSA) is 56.7 Å². The van der Waals surface area contributed by atoms with Gasteiger partial charge < -0.3 is 9.09 Å². The predicted octanol–water partition coefficient (Wildman–Crippen LogP) is 3.38. The summed E-state index contributed by atoms with van der Waals surface area (Å²) in [5.41, 5.74) is 3.25. The van der Waals surface area contributed by atoms with Gasteiger partial charge >= 0.3 is 0 Å². The van der Waals surface area contributed by atoms with Gasteiger partial charge in [-0.25, -0.2) is 0 Å². The van der Waals surface area contributed by atoms with Gasteiger partial charge in [0, 0.05) is 18.9 Å². The van der Waals surface area contributed by atoms with E-state index in [4.69, 9.17) is 4.52 Å². The zero-order valence-corrected chi connectivity index (χ0v) is 13.0. The van der Waals surface area contributed by atoms with E-state index in [-0.39, 0.29) is 0 Å². The maximum atomic E-state index is 5.09. The lowest BCUT2D eigenvalue weighted by Gasteiger charge is -2.03. The quantitative estimate of drug-likeness (QED) is 0.691. The van der Waals surface area contributed by atoms with Gasteiger partial charge in [-0.3, -0.25) is 0 Å². The van der Waals surface area contributed by atoms with E-state index in [1.54, 1.807) is 11.8 Å². The molecule has 3 rings (SSSR count). The third-order valence-corrected chi connectivity index (χ3v) is 4.27. The van der Waals surface area contributed by atoms with Crippen molar-refractivity contribution in [2.24, 2.45) is 7.05 Å². The number of hydrogen-bond donors (Lipinski definition) is 0. The fraction of sp³-hybridized carbons (Fsp3) is 0.267. The van der Waals surface area contributed by atoms with Crippen molar-refractivity contribution in [3.05, 3.63) is 47.2 Å². The van der Waals surface area contributed by atoms with Crippen molar-refractivity contribution in [1.82, 2.24) is 19.9 Å². The van der Waals surface area contributed by atoms with Crippen molar-refractivity contribution < 1.29 is 4.52 Å². The van der Waals surface area contributed by atoms with Crippen LogP contribution in [0.3, 0.4) is 0 Å². The molecule has 0 radical (unpaired) electrons. The molecule has 21 heavy (non-hydrogen) atoms. The molecule has 6 heteroatoms. The third-order valence-electron chi connectivity index (χ3n) is 3.18. The van der Waals surface area contributed by atoms with Gasteiger partial charge in [0.25, 0.3) is 0 Å². The van der Waals surface area contributed by atoms with Crippen molar-refractivity contribution in [2.45, 2.75) is 24.8 Å². The van der Waals surface area contributed by atoms with Crippen molar-refractivity contribution in [1.29, 1.82) is 0 Å². The van der Waals surface area contributed by atoms with Crippen molar-refractivity contribution >= 4 is 11.8 Å². The molecule has 0 aliphatic carbocycles. The van der Waals surface area contributed by atoms with Gasteiger partial charge in [0.15, 0.2) is 16.7 Å². The Hall–Kier alpha value is -2.08. The monoisotopic (exact) mass is 300 g/mol. The van der Waals surface area contributed by atoms with Crippen LogP contribution in [-0.4, -0.2) is 19.9 Å². The maximum absolute atomic E-state index is 5.09. The summed E-state index contributed by atoms with van der Waals surface area (Å²) in [6.07, 6.45) is 0. The molecule has 2 heterocycles. The zero-order chi connectivity index (χ0) is 14.8. The van der Waals surface area contributed by atoms with Crippen molar-refractivity contribution in [3.63, 3.8) is 0 Å². The number of rotatable bonds is 4. The van der Waals surface area contributed by atoms with E-state index in [0.717, 1.165) is 22.5 Å². The van der Waals surface area contributed by atoms with Crippen LogP contribution in [0.1, 0.15) is 16.9 Å². The summed E-state index contributed by atoms with van der Waals surface area (Å²) in [5.74, 6) is 2.35. The Morgan fingerprint density at radius 2 is 1.90 bits per heavy atom. The summed E-state index contributed by atoms with van der Waals surface area (Å²) in [5, 5.41) is 13.3. The lowest BCUT2D eigenvalue weighted by atomic mass is 10.2. The van der Waals surface area contributed by atoms with E-state index in [2.05, 4.69) is 46.5 Å². The second-order valence-electron chi connectivity index (χ2n) is 4.96. The van der Waals surface area contributed by atoms with Gasteiger partial charge in [0.2, 0.25) is 0 Å². The molecule has 0 aliphatic rings. The summed E-state index contributed by atoms with van der Waals surface area (Å²) in [4.78, 5) is 0. The minimum Gasteiger partial charge on any atom is -0.361 e. The smallest absolute Gasteiger partial charge is 0.191 e. The van der Waals surface area contributed by atoms with Crippen LogP contribution in [0.5, 0.6) is 0 Å². The second-order valence-corrected chi connectivity index (χ2v) is 5.90. The van der Waals surface area contributed by atoms with Crippen LogP contribution in [-0.2, 0) is 12.8 Å². The zero-order valence-electron chi connectivity index (χ0n) is 12.2. The van der Waals surface area contributed by atoms with E-state index in [9.17, 15) is 0 Å². The maximum Gasteiger partial charge on any atom is 0.191 e. The van der Waals surface area contributed by atoms with E-state index in [1.807, 2.05) is 24.6 Å². The Kier molecular flexibility index (Phi) is 3.79. The molecule has 0 saturated heterocycles. The van der Waals surface area contributed by atoms with E-state index in [0.29, 0.717) is 5.69 Å². The summed E-state index contributed by atoms with van der Waals surface area (Å²) >= 11 is 1.66. The Morgan fingerprint density at radius 3 is 2.57 bits per heavy atom. The molecule has 1 aromatic carbocycles. The van der Waals surface area contributed by atoms with Crippen LogP contribution in [0.15, 0.2) is 40.0 Å². The molecule has 3 aromatic rings. The molecule has 0 saturated carbocycles. The Balaban J connectivity index is 1.75. The Bertz CT molecular complexity index is 745. The first-order valence-electron chi connectivity index (χ1n) is 6.65. The highest BCUT2D eigenvalue weighted by molar-refractivity contribution is 7.98. The van der Waals surface area contributed by atoms with Gasteiger partial charge in [0.05, 0.1) is 0 Å². The van der Waals surface area contributed by atoms with E-state index in [1.165, 1.54) is 11.1 Å². The fourth-order valence-corrected chi connectivity index (χ4v) is 2.83. The van der Waals surface area contributed by atoms with Crippen LogP contribution in [0.4, 0.5) is 0 Å². The summed E-state index contributed by atoms with van der Waals surface area (Å²) in [6.45, 7) is 3.95. The normalized spacial score (nSPS) is 11.0. The number of benzene rings is 1. The van der Waals surface area contributed by atoms with Crippen LogP contribution in [0, 0.1) is 13.8 Å². The molecular formula is C15H16N4OS. The minimum absolute atomic E-state index is 0.713. The average molecular weight is 300 g/mol. The standard InChI is InChI=1S/C15H16N4OS/c1-10-4-6-12(7-5-10)9-21-15-17-16-14(19(15)3)13-8-11(2)20-18-13/h4-8H,9H2,1-3H3. The largest absolute Gasteiger partial charge is 0.361 e. The van der Waals surface area contributed by atoms with E-state index >= 15 is 0 Å². The van der Waals surface area contributed by atoms with Gasteiger partial charge in [-0.1, -0.05) is 46.7 Å². The first-order valence-corrected chi connectivity index (χ1v) is 7.63. The number of aromatic nitrogens is 4. The summed E-state index contributed by atoms with van der Waals surface area (Å²) in [7, 11) is 1.94. The Morgan fingerprint density at radius 1 is 1.14 bits per heavy atom. The van der Waals surface area contributed by atoms with Crippen molar-refractivity contribution in [3.8, 4) is 11.5 Å². The summed E-state index contributed by atoms with van der Waals surface area (Å²) in [6, 6.07) is 10.4. The van der Waals surface area contributed by atoms with Crippen LogP contribution < -0.4 is 0 Å². The lowest BCUT2D eigenvalue weighted by Crippen LogP contribution is -1.95. The number of nitrogens with zero attached hydrogens (tertiary/aromatic N) is 4. The van der Waals surface area contributed by atoms with Crippen molar-refractivity contribution in [2.75, 3.05) is 0 Å². The molecular weight excluding hydrogens is 284 g/mol. The Labute approximate surface area is 127 Å². The van der Waals surface area contributed by atoms with Gasteiger partial charge in [-0.15, -0.1) is 10.2 Å². The predicted molar refractivity (Wildman–Crippen MR) is 82.0 cm³/mol. The highest BCUT2D eigenvalue weighted by Gasteiger charge is 2.14. The number of thioether (sulfide) groups is 1. The fourth-order valence-electron chi connectivity index (χ4n) is 1.97. The molecule has 0 unspecified atom stereocenters. The number of hydrogen-bond acceptors (Lipinski definition) is 5. The minimum atomic E-state index is 0.713. The molecule has 0 atom stereocenters. The van der Waals surface area contributed by atoms with Gasteiger partial charge in [0.1, 0.15) is 5.76 Å². The molecule has 0 N–H and O–H groups in total. The highest BCUT2D eigenvalue weighted by atomic mass is 32.2. The molecule has 5 nitrogen and oxygen atoms in total. The third kappa shape index (κ3) is 3.00. The van der Waals surface area contributed by atoms with E-state index < -0.39 is 0 Å². The van der Waals surface area contributed by atoms with Crippen LogP contribution >= 0.6 is 11.8 Å². The molecule has 0 fully saturated rings. The van der Waals surface area contributed by atoms with Gasteiger partial charge in [-0.2, -0.15) is 0 Å². The number of aryl methyl sites for hydroxylation is 2. The molecule has 0 amide bonds. The van der Waals surface area contributed by atoms with Crippen LogP contribution in [0.2, 0.25) is 0 Å². The molecule has 108 valence electrons. The first kappa shape index (κ1) is 13.9. The first-order chi connectivity index (χ1) is 10.1. The molecule has 0 aliphatic heterocycles. The lowest BCUT2D eigenvalue weighted by molar-refractivity contribution is 0.399. The summed E-state index contributed by atoms with van der Waals surface area (Å²) < 4.78 is 7.03.